The zero-order valence-electron chi connectivity index (χ0n) is 10.4. The lowest BCUT2D eigenvalue weighted by atomic mass is 9.94. The van der Waals surface area contributed by atoms with Crippen LogP contribution in [0.2, 0.25) is 0 Å². The number of carbonyl (C=O) groups is 1. The van der Waals surface area contributed by atoms with Crippen molar-refractivity contribution in [3.05, 3.63) is 12.2 Å². The molecular formula is C13H23NOS. The molecule has 3 heteroatoms. The summed E-state index contributed by atoms with van der Waals surface area (Å²) in [6.45, 7) is 2.68. The van der Waals surface area contributed by atoms with Crippen LogP contribution in [0.3, 0.4) is 0 Å². The third-order valence-corrected chi connectivity index (χ3v) is 3.54. The van der Waals surface area contributed by atoms with Crippen LogP contribution in [0.5, 0.6) is 0 Å². The Morgan fingerprint density at radius 3 is 2.62 bits per heavy atom. The van der Waals surface area contributed by atoms with E-state index in [0.717, 1.165) is 6.54 Å². The number of rotatable bonds is 5. The highest BCUT2D eigenvalue weighted by molar-refractivity contribution is 7.81. The molecule has 1 fully saturated rings. The van der Waals surface area contributed by atoms with Crippen molar-refractivity contribution in [1.29, 1.82) is 0 Å². The lowest BCUT2D eigenvalue weighted by Crippen LogP contribution is -2.33. The molecule has 1 saturated carbocycles. The van der Waals surface area contributed by atoms with E-state index in [1.807, 2.05) is 6.08 Å². The second-order valence-corrected chi connectivity index (χ2v) is 5.49. The molecule has 0 aromatic heterocycles. The van der Waals surface area contributed by atoms with E-state index >= 15 is 0 Å². The van der Waals surface area contributed by atoms with Gasteiger partial charge < -0.3 is 0 Å². The van der Waals surface area contributed by atoms with E-state index in [2.05, 4.69) is 24.6 Å². The molecule has 0 amide bonds. The van der Waals surface area contributed by atoms with Crippen LogP contribution in [0, 0.1) is 0 Å². The standard InChI is InChI=1S/C13H23NOS/c1-11(16)13(15)9-6-10-14(2)12-7-4-3-5-8-12/h6,9,11-12,16H,3-5,7-8,10H2,1-2H3/b9-6+. The molecule has 1 aliphatic carbocycles. The van der Waals surface area contributed by atoms with Crippen molar-refractivity contribution >= 4 is 18.4 Å². The summed E-state index contributed by atoms with van der Waals surface area (Å²) in [4.78, 5) is 13.7. The summed E-state index contributed by atoms with van der Waals surface area (Å²) in [5.41, 5.74) is 0. The molecule has 0 radical (unpaired) electrons. The average Bonchev–Trinajstić information content (AvgIpc) is 2.29. The summed E-state index contributed by atoms with van der Waals surface area (Å²) in [5, 5.41) is -0.184. The van der Waals surface area contributed by atoms with Crippen molar-refractivity contribution in [3.8, 4) is 0 Å². The normalized spacial score (nSPS) is 20.5. The monoisotopic (exact) mass is 241 g/mol. The van der Waals surface area contributed by atoms with Gasteiger partial charge in [0.2, 0.25) is 0 Å². The SMILES string of the molecule is CC(S)C(=O)/C=C/CN(C)C1CCCCC1. The van der Waals surface area contributed by atoms with E-state index in [4.69, 9.17) is 0 Å². The number of thiol groups is 1. The largest absolute Gasteiger partial charge is 0.300 e. The van der Waals surface area contributed by atoms with E-state index in [-0.39, 0.29) is 11.0 Å². The van der Waals surface area contributed by atoms with Crippen molar-refractivity contribution in [2.45, 2.75) is 50.3 Å². The molecule has 1 atom stereocenters. The predicted octanol–water partition coefficient (Wildman–Crippen LogP) is 2.69. The first-order valence-corrected chi connectivity index (χ1v) is 6.71. The number of ketones is 1. The van der Waals surface area contributed by atoms with E-state index in [1.54, 1.807) is 13.0 Å². The summed E-state index contributed by atoms with van der Waals surface area (Å²) < 4.78 is 0. The summed E-state index contributed by atoms with van der Waals surface area (Å²) in [5.74, 6) is 0.0976. The number of likely N-dealkylation sites (N-methyl/N-ethyl adjacent to an activating group) is 1. The third kappa shape index (κ3) is 4.71. The summed E-state index contributed by atoms with van der Waals surface area (Å²) in [7, 11) is 2.15. The zero-order chi connectivity index (χ0) is 12.0. The molecule has 0 saturated heterocycles. The first-order chi connectivity index (χ1) is 7.61. The Morgan fingerprint density at radius 1 is 1.44 bits per heavy atom. The highest BCUT2D eigenvalue weighted by atomic mass is 32.1. The predicted molar refractivity (Wildman–Crippen MR) is 72.1 cm³/mol. The topological polar surface area (TPSA) is 20.3 Å². The Labute approximate surface area is 104 Å². The van der Waals surface area contributed by atoms with E-state index in [9.17, 15) is 4.79 Å². The van der Waals surface area contributed by atoms with Crippen LogP contribution in [0.15, 0.2) is 12.2 Å². The molecule has 2 nitrogen and oxygen atoms in total. The molecule has 0 aromatic rings. The molecule has 92 valence electrons. The van der Waals surface area contributed by atoms with Crippen molar-refractivity contribution in [1.82, 2.24) is 4.90 Å². The van der Waals surface area contributed by atoms with Crippen molar-refractivity contribution in [3.63, 3.8) is 0 Å². The Hall–Kier alpha value is -0.280. The van der Waals surface area contributed by atoms with Crippen LogP contribution >= 0.6 is 12.6 Å². The van der Waals surface area contributed by atoms with Crippen molar-refractivity contribution in [2.75, 3.05) is 13.6 Å². The van der Waals surface area contributed by atoms with Gasteiger partial charge in [0.25, 0.3) is 0 Å². The summed E-state index contributed by atoms with van der Waals surface area (Å²) >= 11 is 4.10. The number of allylic oxidation sites excluding steroid dienone is 1. The van der Waals surface area contributed by atoms with Gasteiger partial charge >= 0.3 is 0 Å². The maximum atomic E-state index is 11.3. The number of hydrogen-bond donors (Lipinski definition) is 1. The van der Waals surface area contributed by atoms with Crippen LogP contribution in [0.1, 0.15) is 39.0 Å². The maximum absolute atomic E-state index is 11.3. The van der Waals surface area contributed by atoms with Crippen LogP contribution < -0.4 is 0 Å². The Kier molecular flexibility index (Phi) is 6.14. The minimum absolute atomic E-state index is 0.0976. The molecule has 16 heavy (non-hydrogen) atoms. The fraction of sp³-hybridized carbons (Fsp3) is 0.769. The van der Waals surface area contributed by atoms with Gasteiger partial charge in [0.05, 0.1) is 5.25 Å². The molecule has 0 bridgehead atoms. The van der Waals surface area contributed by atoms with E-state index < -0.39 is 0 Å². The van der Waals surface area contributed by atoms with Crippen molar-refractivity contribution < 1.29 is 4.79 Å². The molecule has 0 heterocycles. The highest BCUT2D eigenvalue weighted by Gasteiger charge is 2.16. The van der Waals surface area contributed by atoms with Crippen LogP contribution in [-0.4, -0.2) is 35.6 Å². The first kappa shape index (κ1) is 13.8. The second-order valence-electron chi connectivity index (χ2n) is 4.71. The molecule has 0 N–H and O–H groups in total. The van der Waals surface area contributed by atoms with E-state index in [1.165, 1.54) is 32.1 Å². The fourth-order valence-corrected chi connectivity index (χ4v) is 2.23. The van der Waals surface area contributed by atoms with Gasteiger partial charge in [-0.1, -0.05) is 25.3 Å². The molecule has 0 spiro atoms. The van der Waals surface area contributed by atoms with Crippen LogP contribution in [-0.2, 0) is 4.79 Å². The van der Waals surface area contributed by atoms with Gasteiger partial charge in [-0.15, -0.1) is 0 Å². The number of carbonyl (C=O) groups excluding carboxylic acids is 1. The van der Waals surface area contributed by atoms with Gasteiger partial charge in [-0.25, -0.2) is 0 Å². The maximum Gasteiger partial charge on any atom is 0.167 e. The van der Waals surface area contributed by atoms with Gasteiger partial charge in [0.1, 0.15) is 0 Å². The minimum atomic E-state index is -0.184. The van der Waals surface area contributed by atoms with Gasteiger partial charge in [0.15, 0.2) is 5.78 Å². The minimum Gasteiger partial charge on any atom is -0.300 e. The molecule has 1 unspecified atom stereocenters. The molecule has 1 rings (SSSR count). The van der Waals surface area contributed by atoms with Gasteiger partial charge in [-0.3, -0.25) is 9.69 Å². The zero-order valence-corrected chi connectivity index (χ0v) is 11.2. The van der Waals surface area contributed by atoms with Gasteiger partial charge in [-0.2, -0.15) is 12.6 Å². The lowest BCUT2D eigenvalue weighted by Gasteiger charge is -2.30. The molecule has 1 aliphatic rings. The Balaban J connectivity index is 2.28. The molecule has 0 aromatic carbocycles. The number of nitrogens with zero attached hydrogens (tertiary/aromatic N) is 1. The van der Waals surface area contributed by atoms with Gasteiger partial charge in [-0.05, 0) is 32.9 Å². The van der Waals surface area contributed by atoms with Crippen molar-refractivity contribution in [2.24, 2.45) is 0 Å². The smallest absolute Gasteiger partial charge is 0.167 e. The quantitative estimate of drug-likeness (QED) is 0.590. The third-order valence-electron chi connectivity index (χ3n) is 3.29. The number of hydrogen-bond acceptors (Lipinski definition) is 3. The lowest BCUT2D eigenvalue weighted by molar-refractivity contribution is -0.113. The van der Waals surface area contributed by atoms with E-state index in [0.29, 0.717) is 6.04 Å². The first-order valence-electron chi connectivity index (χ1n) is 6.20. The Morgan fingerprint density at radius 2 is 2.06 bits per heavy atom. The average molecular weight is 241 g/mol. The summed E-state index contributed by atoms with van der Waals surface area (Å²) in [6.07, 6.45) is 10.3. The molecule has 0 aliphatic heterocycles. The molecular weight excluding hydrogens is 218 g/mol. The van der Waals surface area contributed by atoms with Crippen LogP contribution in [0.4, 0.5) is 0 Å². The Bertz CT molecular complexity index is 244. The highest BCUT2D eigenvalue weighted by Crippen LogP contribution is 2.21. The fourth-order valence-electron chi connectivity index (χ4n) is 2.15. The second kappa shape index (κ2) is 7.13. The van der Waals surface area contributed by atoms with Crippen LogP contribution in [0.25, 0.3) is 0 Å². The van der Waals surface area contributed by atoms with Gasteiger partial charge in [0, 0.05) is 12.6 Å². The summed E-state index contributed by atoms with van der Waals surface area (Å²) in [6, 6.07) is 0.710.